The highest BCUT2D eigenvalue weighted by molar-refractivity contribution is 7.91. The average molecular weight is 358 g/mol. The van der Waals surface area contributed by atoms with Gasteiger partial charge in [-0.3, -0.25) is 9.52 Å². The van der Waals surface area contributed by atoms with Crippen molar-refractivity contribution in [3.05, 3.63) is 59.7 Å². The number of anilines is 2. The predicted octanol–water partition coefficient (Wildman–Crippen LogP) is 3.32. The summed E-state index contributed by atoms with van der Waals surface area (Å²) >= 11 is 0. The first-order chi connectivity index (χ1) is 12.0. The molecule has 132 valence electrons. The molecule has 25 heavy (non-hydrogen) atoms. The second kappa shape index (κ2) is 7.27. The number of nitrogens with zero attached hydrogens (tertiary/aromatic N) is 1. The van der Waals surface area contributed by atoms with E-state index in [0.717, 1.165) is 29.7 Å². The van der Waals surface area contributed by atoms with Crippen LogP contribution in [0, 0.1) is 0 Å². The number of aryl methyl sites for hydroxylation is 1. The van der Waals surface area contributed by atoms with Crippen molar-refractivity contribution in [3.63, 3.8) is 0 Å². The van der Waals surface area contributed by atoms with E-state index in [-0.39, 0.29) is 11.7 Å². The first kappa shape index (κ1) is 17.5. The highest BCUT2D eigenvalue weighted by Gasteiger charge is 2.22. The highest BCUT2D eigenvalue weighted by atomic mass is 32.2. The van der Waals surface area contributed by atoms with Gasteiger partial charge in [-0.2, -0.15) is 0 Å². The van der Waals surface area contributed by atoms with Crippen molar-refractivity contribution in [1.82, 2.24) is 0 Å². The first-order valence-electron chi connectivity index (χ1n) is 8.46. The van der Waals surface area contributed by atoms with Crippen LogP contribution >= 0.6 is 0 Å². The van der Waals surface area contributed by atoms with Gasteiger partial charge >= 0.3 is 0 Å². The van der Waals surface area contributed by atoms with Gasteiger partial charge in [0.2, 0.25) is 15.9 Å². The van der Waals surface area contributed by atoms with Crippen molar-refractivity contribution in [3.8, 4) is 0 Å². The van der Waals surface area contributed by atoms with Crippen molar-refractivity contribution < 1.29 is 13.2 Å². The summed E-state index contributed by atoms with van der Waals surface area (Å²) in [4.78, 5) is 13.9. The second-order valence-corrected chi connectivity index (χ2v) is 7.92. The molecule has 1 heterocycles. The zero-order chi connectivity index (χ0) is 17.9. The Balaban J connectivity index is 1.83. The highest BCUT2D eigenvalue weighted by Crippen LogP contribution is 2.31. The Morgan fingerprint density at radius 1 is 1.16 bits per heavy atom. The third-order valence-electron chi connectivity index (χ3n) is 4.28. The van der Waals surface area contributed by atoms with Crippen LogP contribution in [0.1, 0.15) is 30.9 Å². The lowest BCUT2D eigenvalue weighted by molar-refractivity contribution is -0.118. The van der Waals surface area contributed by atoms with E-state index in [0.29, 0.717) is 18.7 Å². The number of rotatable bonds is 5. The number of fused-ring (bicyclic) bond motifs is 1. The van der Waals surface area contributed by atoms with Crippen LogP contribution in [0.15, 0.2) is 48.5 Å². The van der Waals surface area contributed by atoms with Gasteiger partial charge in [0.05, 0.1) is 11.4 Å². The minimum Gasteiger partial charge on any atom is -0.312 e. The number of carbonyl (C=O) groups excluding carboxylic acids is 1. The van der Waals surface area contributed by atoms with Crippen molar-refractivity contribution in [2.45, 2.75) is 31.9 Å². The molecule has 2 aromatic rings. The molecule has 0 saturated carbocycles. The number of amides is 1. The quantitative estimate of drug-likeness (QED) is 0.892. The maximum absolute atomic E-state index is 12.4. The largest absolute Gasteiger partial charge is 0.312 e. The van der Waals surface area contributed by atoms with Gasteiger partial charge in [-0.15, -0.1) is 0 Å². The zero-order valence-corrected chi connectivity index (χ0v) is 15.1. The Bertz CT molecular complexity index is 863. The summed E-state index contributed by atoms with van der Waals surface area (Å²) in [6, 6.07) is 14.5. The molecule has 0 atom stereocenters. The van der Waals surface area contributed by atoms with E-state index in [9.17, 15) is 13.2 Å². The van der Waals surface area contributed by atoms with Gasteiger partial charge in [0.25, 0.3) is 0 Å². The standard InChI is InChI=1S/C19H22N2O3S/c1-2-19(22)21-12-6-9-16-10-11-17(13-18(16)21)20-25(23,24)14-15-7-4-3-5-8-15/h3-5,7-8,10-11,13,20H,2,6,9,12,14H2,1H3. The molecule has 0 aromatic heterocycles. The Kier molecular flexibility index (Phi) is 5.08. The molecule has 1 amide bonds. The van der Waals surface area contributed by atoms with E-state index in [1.165, 1.54) is 0 Å². The molecule has 3 rings (SSSR count). The smallest absolute Gasteiger partial charge is 0.236 e. The van der Waals surface area contributed by atoms with Crippen LogP contribution in [-0.4, -0.2) is 20.9 Å². The lowest BCUT2D eigenvalue weighted by Crippen LogP contribution is -2.35. The van der Waals surface area contributed by atoms with Crippen LogP contribution in [0.4, 0.5) is 11.4 Å². The van der Waals surface area contributed by atoms with Crippen LogP contribution in [0.2, 0.25) is 0 Å². The van der Waals surface area contributed by atoms with E-state index in [1.807, 2.05) is 31.2 Å². The number of carbonyl (C=O) groups is 1. The average Bonchev–Trinajstić information content (AvgIpc) is 2.60. The van der Waals surface area contributed by atoms with Gasteiger partial charge in [-0.25, -0.2) is 8.42 Å². The third-order valence-corrected chi connectivity index (χ3v) is 5.54. The molecule has 0 spiro atoms. The molecule has 1 aliphatic rings. The van der Waals surface area contributed by atoms with Crippen molar-refractivity contribution >= 4 is 27.3 Å². The SMILES string of the molecule is CCC(=O)N1CCCc2ccc(NS(=O)(=O)Cc3ccccc3)cc21. The monoisotopic (exact) mass is 358 g/mol. The van der Waals surface area contributed by atoms with Gasteiger partial charge in [0.15, 0.2) is 0 Å². The number of benzene rings is 2. The molecular weight excluding hydrogens is 336 g/mol. The summed E-state index contributed by atoms with van der Waals surface area (Å²) in [7, 11) is -3.51. The molecule has 0 bridgehead atoms. The van der Waals surface area contributed by atoms with Gasteiger partial charge in [-0.05, 0) is 36.1 Å². The number of hydrogen-bond acceptors (Lipinski definition) is 3. The maximum atomic E-state index is 12.4. The molecule has 0 unspecified atom stereocenters. The summed E-state index contributed by atoms with van der Waals surface area (Å²) in [5.41, 5.74) is 3.12. The van der Waals surface area contributed by atoms with Crippen molar-refractivity contribution in [1.29, 1.82) is 0 Å². The summed E-state index contributed by atoms with van der Waals surface area (Å²) in [5.74, 6) is -0.0204. The van der Waals surface area contributed by atoms with Crippen LogP contribution < -0.4 is 9.62 Å². The third kappa shape index (κ3) is 4.20. The molecule has 0 fully saturated rings. The minimum atomic E-state index is -3.51. The Hall–Kier alpha value is -2.34. The molecule has 6 heteroatoms. The predicted molar refractivity (Wildman–Crippen MR) is 100 cm³/mol. The normalized spacial score (nSPS) is 14.0. The zero-order valence-electron chi connectivity index (χ0n) is 14.2. The molecule has 1 N–H and O–H groups in total. The first-order valence-corrected chi connectivity index (χ1v) is 10.1. The van der Waals surface area contributed by atoms with Gasteiger partial charge < -0.3 is 4.90 Å². The van der Waals surface area contributed by atoms with Gasteiger partial charge in [0.1, 0.15) is 0 Å². The molecule has 0 saturated heterocycles. The number of hydrogen-bond donors (Lipinski definition) is 1. The number of nitrogens with one attached hydrogen (secondary N) is 1. The summed E-state index contributed by atoms with van der Waals surface area (Å²) in [5, 5.41) is 0. The Labute approximate surface area is 148 Å². The molecule has 0 aliphatic carbocycles. The van der Waals surface area contributed by atoms with E-state index in [4.69, 9.17) is 0 Å². The molecule has 5 nitrogen and oxygen atoms in total. The lowest BCUT2D eigenvalue weighted by atomic mass is 10.0. The van der Waals surface area contributed by atoms with Crippen LogP contribution in [0.3, 0.4) is 0 Å². The van der Waals surface area contributed by atoms with Crippen molar-refractivity contribution in [2.24, 2.45) is 0 Å². The maximum Gasteiger partial charge on any atom is 0.236 e. The van der Waals surface area contributed by atoms with Crippen molar-refractivity contribution in [2.75, 3.05) is 16.2 Å². The number of sulfonamides is 1. The second-order valence-electron chi connectivity index (χ2n) is 6.19. The lowest BCUT2D eigenvalue weighted by Gasteiger charge is -2.29. The summed E-state index contributed by atoms with van der Waals surface area (Å²) in [6.45, 7) is 2.52. The Morgan fingerprint density at radius 2 is 1.92 bits per heavy atom. The summed E-state index contributed by atoms with van der Waals surface area (Å²) < 4.78 is 27.5. The van der Waals surface area contributed by atoms with Crippen LogP contribution in [0.25, 0.3) is 0 Å². The topological polar surface area (TPSA) is 66.5 Å². The fraction of sp³-hybridized carbons (Fsp3) is 0.316. The molecule has 1 aliphatic heterocycles. The van der Waals surface area contributed by atoms with Crippen LogP contribution in [0.5, 0.6) is 0 Å². The Morgan fingerprint density at radius 3 is 2.64 bits per heavy atom. The fourth-order valence-corrected chi connectivity index (χ4v) is 4.29. The van der Waals surface area contributed by atoms with E-state index < -0.39 is 10.0 Å². The van der Waals surface area contributed by atoms with E-state index in [2.05, 4.69) is 4.72 Å². The van der Waals surface area contributed by atoms with Gasteiger partial charge in [-0.1, -0.05) is 43.3 Å². The van der Waals surface area contributed by atoms with E-state index >= 15 is 0 Å². The minimum absolute atomic E-state index is 0.0604. The van der Waals surface area contributed by atoms with E-state index in [1.54, 1.807) is 29.2 Å². The molecule has 0 radical (unpaired) electrons. The molecule has 2 aromatic carbocycles. The fourth-order valence-electron chi connectivity index (χ4n) is 3.10. The van der Waals surface area contributed by atoms with Crippen LogP contribution in [-0.2, 0) is 27.0 Å². The summed E-state index contributed by atoms with van der Waals surface area (Å²) in [6.07, 6.45) is 2.26. The molecular formula is C19H22N2O3S. The van der Waals surface area contributed by atoms with Gasteiger partial charge in [0, 0.05) is 18.7 Å².